The standard InChI is InChI=1S/C27H22N4OS/c1-30-20(16-25-24(30)12-13-33-25)15-22-27(32)31-17-23(19-10-6-3-7-11-19)28-21(26(31)29-22)14-18-8-4-2-5-9-18/h2-13,16-17,22H,14-15H2,1H3/p+1. The van der Waals surface area contributed by atoms with Crippen LogP contribution in [0, 0.1) is 0 Å². The van der Waals surface area contributed by atoms with Crippen molar-refractivity contribution in [3.63, 3.8) is 0 Å². The first-order chi connectivity index (χ1) is 16.2. The molecule has 0 spiro atoms. The zero-order valence-corrected chi connectivity index (χ0v) is 19.0. The highest BCUT2D eigenvalue weighted by atomic mass is 32.1. The molecule has 3 aromatic heterocycles. The highest BCUT2D eigenvalue weighted by Gasteiger charge is 2.41. The molecule has 1 aliphatic heterocycles. The van der Waals surface area contributed by atoms with Crippen LogP contribution in [-0.4, -0.2) is 21.5 Å². The molecule has 0 bridgehead atoms. The fourth-order valence-corrected chi connectivity index (χ4v) is 5.45. The molecule has 2 aromatic carbocycles. The van der Waals surface area contributed by atoms with E-state index in [1.54, 1.807) is 15.9 Å². The van der Waals surface area contributed by atoms with Gasteiger partial charge >= 0.3 is 11.7 Å². The number of aromatic nitrogens is 3. The van der Waals surface area contributed by atoms with Crippen LogP contribution >= 0.6 is 11.3 Å². The molecule has 0 fully saturated rings. The molecule has 1 unspecified atom stereocenters. The predicted octanol–water partition coefficient (Wildman–Crippen LogP) is 4.86. The van der Waals surface area contributed by atoms with Crippen LogP contribution < -0.4 is 9.88 Å². The van der Waals surface area contributed by atoms with Gasteiger partial charge in [0.2, 0.25) is 6.04 Å². The number of thiophene rings is 1. The summed E-state index contributed by atoms with van der Waals surface area (Å²) in [5.41, 5.74) is 6.21. The van der Waals surface area contributed by atoms with Crippen molar-refractivity contribution in [1.82, 2.24) is 9.55 Å². The maximum Gasteiger partial charge on any atom is 0.359 e. The van der Waals surface area contributed by atoms with Crippen LogP contribution in [0.25, 0.3) is 21.5 Å². The van der Waals surface area contributed by atoms with Crippen molar-refractivity contribution < 1.29 is 9.36 Å². The number of hydrogen-bond acceptors (Lipinski definition) is 4. The number of benzene rings is 2. The maximum absolute atomic E-state index is 13.5. The minimum Gasteiger partial charge on any atom is -0.347 e. The second-order valence-corrected chi connectivity index (χ2v) is 9.37. The number of aryl methyl sites for hydroxylation is 1. The number of carbonyl (C=O) groups is 1. The lowest BCUT2D eigenvalue weighted by atomic mass is 10.1. The lowest BCUT2D eigenvalue weighted by Crippen LogP contribution is -2.44. The molecule has 4 heterocycles. The first-order valence-electron chi connectivity index (χ1n) is 11.0. The highest BCUT2D eigenvalue weighted by molar-refractivity contribution is 7.17. The average molecular weight is 452 g/mol. The molecule has 0 amide bonds. The minimum atomic E-state index is -0.324. The van der Waals surface area contributed by atoms with Gasteiger partial charge in [0, 0.05) is 31.1 Å². The van der Waals surface area contributed by atoms with Crippen molar-refractivity contribution in [3.05, 3.63) is 101 Å². The van der Waals surface area contributed by atoms with E-state index in [0.29, 0.717) is 12.8 Å². The lowest BCUT2D eigenvalue weighted by molar-refractivity contribution is -0.552. The first-order valence-corrected chi connectivity index (χ1v) is 11.9. The number of nitrogens with zero attached hydrogens (tertiary/aromatic N) is 3. The van der Waals surface area contributed by atoms with Crippen molar-refractivity contribution in [3.8, 4) is 11.3 Å². The number of anilines is 1. The molecular formula is C27H23N4OS+. The molecule has 162 valence electrons. The van der Waals surface area contributed by atoms with Gasteiger partial charge in [-0.25, -0.2) is 9.78 Å². The Balaban J connectivity index is 1.39. The van der Waals surface area contributed by atoms with Gasteiger partial charge in [-0.1, -0.05) is 60.7 Å². The molecule has 6 rings (SSSR count). The Bertz CT molecular complexity index is 1470. The van der Waals surface area contributed by atoms with Crippen LogP contribution in [-0.2, 0) is 19.9 Å². The summed E-state index contributed by atoms with van der Waals surface area (Å²) >= 11 is 1.73. The molecule has 0 saturated carbocycles. The van der Waals surface area contributed by atoms with Crippen LogP contribution in [0.2, 0.25) is 0 Å². The topological polar surface area (TPSA) is 50.8 Å². The Hall–Kier alpha value is -3.77. The number of fused-ring (bicyclic) bond motifs is 2. The molecular weight excluding hydrogens is 428 g/mol. The fraction of sp³-hybridized carbons (Fsp3) is 0.148. The summed E-state index contributed by atoms with van der Waals surface area (Å²) < 4.78 is 5.21. The third-order valence-corrected chi connectivity index (χ3v) is 7.18. The second kappa shape index (κ2) is 7.98. The van der Waals surface area contributed by atoms with E-state index in [-0.39, 0.29) is 11.9 Å². The van der Waals surface area contributed by atoms with Gasteiger partial charge in [0.05, 0.1) is 10.2 Å². The average Bonchev–Trinajstić information content (AvgIpc) is 3.52. The van der Waals surface area contributed by atoms with E-state index < -0.39 is 0 Å². The molecule has 1 aliphatic rings. The van der Waals surface area contributed by atoms with E-state index in [1.165, 1.54) is 15.8 Å². The van der Waals surface area contributed by atoms with Gasteiger partial charge in [-0.15, -0.1) is 11.3 Å². The zero-order chi connectivity index (χ0) is 22.4. The molecule has 1 atom stereocenters. The summed E-state index contributed by atoms with van der Waals surface area (Å²) in [4.78, 5) is 18.5. The van der Waals surface area contributed by atoms with Crippen molar-refractivity contribution in [1.29, 1.82) is 0 Å². The molecule has 5 aromatic rings. The van der Waals surface area contributed by atoms with Gasteiger partial charge in [0.1, 0.15) is 17.6 Å². The molecule has 0 radical (unpaired) electrons. The molecule has 6 heteroatoms. The Morgan fingerprint density at radius 1 is 1.06 bits per heavy atom. The molecule has 33 heavy (non-hydrogen) atoms. The molecule has 0 saturated heterocycles. The zero-order valence-electron chi connectivity index (χ0n) is 18.2. The van der Waals surface area contributed by atoms with Crippen LogP contribution in [0.3, 0.4) is 0 Å². The van der Waals surface area contributed by atoms with Crippen LogP contribution in [0.5, 0.6) is 0 Å². The molecule has 0 aliphatic carbocycles. The SMILES string of the molecule is Cn1c(CC2Nc3c(Cc4ccccc4)nc(-c4ccccc4)c[n+]3C2=O)cc2sccc21. The van der Waals surface area contributed by atoms with E-state index >= 15 is 0 Å². The summed E-state index contributed by atoms with van der Waals surface area (Å²) in [5.74, 6) is 0.855. The maximum atomic E-state index is 13.5. The van der Waals surface area contributed by atoms with Crippen LogP contribution in [0.1, 0.15) is 21.7 Å². The van der Waals surface area contributed by atoms with Crippen LogP contribution in [0.4, 0.5) is 5.82 Å². The monoisotopic (exact) mass is 451 g/mol. The van der Waals surface area contributed by atoms with Crippen LogP contribution in [0.15, 0.2) is 84.4 Å². The second-order valence-electron chi connectivity index (χ2n) is 8.42. The first kappa shape index (κ1) is 19.9. The third kappa shape index (κ3) is 3.52. The van der Waals surface area contributed by atoms with E-state index in [0.717, 1.165) is 28.5 Å². The number of hydrogen-bond donors (Lipinski definition) is 1. The van der Waals surface area contributed by atoms with Gasteiger partial charge in [0.15, 0.2) is 0 Å². The van der Waals surface area contributed by atoms with E-state index in [2.05, 4.69) is 46.6 Å². The van der Waals surface area contributed by atoms with E-state index in [4.69, 9.17) is 4.98 Å². The van der Waals surface area contributed by atoms with Crippen molar-refractivity contribution in [2.24, 2.45) is 7.05 Å². The Kier molecular flexibility index (Phi) is 4.80. The quantitative estimate of drug-likeness (QED) is 0.389. The summed E-state index contributed by atoms with van der Waals surface area (Å²) in [6, 6.07) is 24.3. The number of rotatable bonds is 5. The van der Waals surface area contributed by atoms with Crippen molar-refractivity contribution in [2.45, 2.75) is 18.9 Å². The summed E-state index contributed by atoms with van der Waals surface area (Å²) in [6.07, 6.45) is 3.16. The van der Waals surface area contributed by atoms with Crippen molar-refractivity contribution in [2.75, 3.05) is 5.32 Å². The fourth-order valence-electron chi connectivity index (χ4n) is 4.58. The Morgan fingerprint density at radius 2 is 1.82 bits per heavy atom. The summed E-state index contributed by atoms with van der Waals surface area (Å²) in [5, 5.41) is 5.61. The van der Waals surface area contributed by atoms with Crippen molar-refractivity contribution >= 4 is 33.3 Å². The van der Waals surface area contributed by atoms with Gasteiger partial charge in [-0.3, -0.25) is 5.32 Å². The lowest BCUT2D eigenvalue weighted by Gasteiger charge is -2.07. The third-order valence-electron chi connectivity index (χ3n) is 6.33. The number of nitrogens with one attached hydrogen (secondary N) is 1. The van der Waals surface area contributed by atoms with Gasteiger partial charge < -0.3 is 4.57 Å². The predicted molar refractivity (Wildman–Crippen MR) is 132 cm³/mol. The van der Waals surface area contributed by atoms with Gasteiger partial charge in [-0.2, -0.15) is 4.57 Å². The van der Waals surface area contributed by atoms with Gasteiger partial charge in [0.25, 0.3) is 0 Å². The summed E-state index contributed by atoms with van der Waals surface area (Å²) in [7, 11) is 2.07. The minimum absolute atomic E-state index is 0.0587. The molecule has 1 N–H and O–H groups in total. The number of carbonyl (C=O) groups excluding carboxylic acids is 1. The van der Waals surface area contributed by atoms with Gasteiger partial charge in [-0.05, 0) is 23.1 Å². The highest BCUT2D eigenvalue weighted by Crippen LogP contribution is 2.28. The largest absolute Gasteiger partial charge is 0.359 e. The van der Waals surface area contributed by atoms with E-state index in [1.807, 2.05) is 54.7 Å². The summed E-state index contributed by atoms with van der Waals surface area (Å²) in [6.45, 7) is 0. The Morgan fingerprint density at radius 3 is 2.58 bits per heavy atom. The smallest absolute Gasteiger partial charge is 0.347 e. The van der Waals surface area contributed by atoms with E-state index in [9.17, 15) is 4.79 Å². The normalized spacial score (nSPS) is 15.1. The Labute approximate surface area is 196 Å². The molecule has 5 nitrogen and oxygen atoms in total.